The van der Waals surface area contributed by atoms with Crippen molar-refractivity contribution in [3.05, 3.63) is 77.0 Å². The van der Waals surface area contributed by atoms with Gasteiger partial charge in [0, 0.05) is 42.5 Å². The molecule has 0 atom stereocenters. The van der Waals surface area contributed by atoms with E-state index in [1.807, 2.05) is 50.3 Å². The molecule has 1 amide bonds. The number of benzene rings is 1. The molecule has 2 N–H and O–H groups in total. The van der Waals surface area contributed by atoms with Crippen LogP contribution in [0.15, 0.2) is 48.9 Å². The predicted octanol–water partition coefficient (Wildman–Crippen LogP) is 4.31. The van der Waals surface area contributed by atoms with Gasteiger partial charge >= 0.3 is 0 Å². The normalized spacial score (nSPS) is 14.8. The van der Waals surface area contributed by atoms with Crippen molar-refractivity contribution >= 4 is 17.2 Å². The van der Waals surface area contributed by atoms with Crippen LogP contribution in [0.5, 0.6) is 5.75 Å². The molecule has 1 fully saturated rings. The summed E-state index contributed by atoms with van der Waals surface area (Å²) < 4.78 is 22.0. The number of pyridine rings is 2. The van der Waals surface area contributed by atoms with Crippen molar-refractivity contribution in [3.63, 3.8) is 0 Å². The summed E-state index contributed by atoms with van der Waals surface area (Å²) in [6, 6.07) is 10.9. The van der Waals surface area contributed by atoms with Crippen LogP contribution in [0.4, 0.5) is 10.2 Å². The van der Waals surface area contributed by atoms with Gasteiger partial charge in [-0.1, -0.05) is 6.92 Å². The summed E-state index contributed by atoms with van der Waals surface area (Å²) in [5.74, 6) is 0.440. The lowest BCUT2D eigenvalue weighted by Gasteiger charge is -2.41. The van der Waals surface area contributed by atoms with Crippen LogP contribution in [-0.2, 0) is 5.41 Å². The Morgan fingerprint density at radius 2 is 1.98 bits per heavy atom. The maximum Gasteiger partial charge on any atom is 0.249 e. The average Bonchev–Trinajstić information content (AvgIpc) is 3.37. The van der Waals surface area contributed by atoms with E-state index in [4.69, 9.17) is 15.5 Å². The number of carbonyl (C=O) groups is 1. The van der Waals surface area contributed by atoms with Crippen LogP contribution >= 0.6 is 0 Å². The first-order valence-electron chi connectivity index (χ1n) is 13.6. The molecule has 0 saturated carbocycles. The Hall–Kier alpha value is -4.49. The fourth-order valence-electron chi connectivity index (χ4n) is 5.62. The van der Waals surface area contributed by atoms with Crippen LogP contribution in [0.1, 0.15) is 46.8 Å². The number of likely N-dealkylation sites (N-methyl/N-ethyl adjacent to an activating group) is 1. The molecule has 0 radical (unpaired) electrons. The molecule has 3 aromatic heterocycles. The topological polar surface area (TPSA) is 113 Å². The maximum absolute atomic E-state index is 14.4. The van der Waals surface area contributed by atoms with E-state index in [0.717, 1.165) is 60.5 Å². The highest BCUT2D eigenvalue weighted by atomic mass is 19.1. The van der Waals surface area contributed by atoms with E-state index in [0.29, 0.717) is 23.4 Å². The maximum atomic E-state index is 14.4. The number of nitrogens with two attached hydrogens (primary N) is 1. The van der Waals surface area contributed by atoms with Crippen molar-refractivity contribution < 1.29 is 13.9 Å². The highest BCUT2D eigenvalue weighted by Crippen LogP contribution is 2.39. The van der Waals surface area contributed by atoms with E-state index in [9.17, 15) is 14.4 Å². The first-order valence-corrected chi connectivity index (χ1v) is 13.6. The number of carbonyl (C=O) groups excluding carboxylic acids is 1. The van der Waals surface area contributed by atoms with Gasteiger partial charge in [0.2, 0.25) is 5.91 Å². The number of nitrogens with zero attached hydrogens (tertiary/aromatic N) is 6. The van der Waals surface area contributed by atoms with Gasteiger partial charge < -0.3 is 20.3 Å². The number of nitriles is 1. The number of halogens is 1. The SMILES string of the molecule is Cc1c(C(N)=O)cc(F)cc1C1(C)CCN(c2ccc(-c3cc(OCCN(C)C)cn4ncc(C#N)c34)cn2)CC1. The standard InChI is InChI=1S/C31H34FN7O2/c1-20-25(30(34)40)13-23(32)14-27(20)31(2)7-9-38(10-8-31)28-6-5-21(17-35-28)26-15-24(41-12-11-37(3)4)19-39-29(26)22(16-33)18-36-39/h5-6,13-15,17-19H,7-12H2,1-4H3,(H2,34,40). The quantitative estimate of drug-likeness (QED) is 0.345. The second-order valence-corrected chi connectivity index (χ2v) is 11.1. The van der Waals surface area contributed by atoms with Crippen molar-refractivity contribution in [1.82, 2.24) is 19.5 Å². The molecule has 1 saturated heterocycles. The highest BCUT2D eigenvalue weighted by Gasteiger charge is 2.34. The summed E-state index contributed by atoms with van der Waals surface area (Å²) >= 11 is 0. The molecule has 0 unspecified atom stereocenters. The zero-order chi connectivity index (χ0) is 29.3. The Morgan fingerprint density at radius 3 is 2.61 bits per heavy atom. The first kappa shape index (κ1) is 28.1. The molecule has 4 heterocycles. The molecule has 41 heavy (non-hydrogen) atoms. The minimum Gasteiger partial charge on any atom is -0.491 e. The number of piperidine rings is 1. The van der Waals surface area contributed by atoms with Gasteiger partial charge in [-0.15, -0.1) is 0 Å². The Bertz CT molecular complexity index is 1630. The first-order chi connectivity index (χ1) is 19.6. The number of amides is 1. The molecule has 9 nitrogen and oxygen atoms in total. The number of hydrogen-bond acceptors (Lipinski definition) is 7. The number of ether oxygens (including phenoxy) is 1. The third-order valence-corrected chi connectivity index (χ3v) is 8.05. The number of hydrogen-bond donors (Lipinski definition) is 1. The van der Waals surface area contributed by atoms with Gasteiger partial charge in [-0.2, -0.15) is 10.4 Å². The summed E-state index contributed by atoms with van der Waals surface area (Å²) in [5.41, 5.74) is 9.88. The van der Waals surface area contributed by atoms with Gasteiger partial charge in [0.25, 0.3) is 0 Å². The fourth-order valence-corrected chi connectivity index (χ4v) is 5.62. The lowest BCUT2D eigenvalue weighted by atomic mass is 9.72. The monoisotopic (exact) mass is 555 g/mol. The van der Waals surface area contributed by atoms with Gasteiger partial charge in [-0.3, -0.25) is 4.79 Å². The largest absolute Gasteiger partial charge is 0.491 e. The Morgan fingerprint density at radius 1 is 1.22 bits per heavy atom. The number of anilines is 1. The molecule has 4 aromatic rings. The number of aromatic nitrogens is 3. The van der Waals surface area contributed by atoms with Crippen LogP contribution in [0.25, 0.3) is 16.6 Å². The van der Waals surface area contributed by atoms with Crippen molar-refractivity contribution in [2.24, 2.45) is 5.73 Å². The van der Waals surface area contributed by atoms with Crippen molar-refractivity contribution in [1.29, 1.82) is 5.26 Å². The van der Waals surface area contributed by atoms with E-state index >= 15 is 0 Å². The van der Waals surface area contributed by atoms with E-state index in [1.165, 1.54) is 12.1 Å². The third-order valence-electron chi connectivity index (χ3n) is 8.05. The smallest absolute Gasteiger partial charge is 0.249 e. The van der Waals surface area contributed by atoms with Crippen LogP contribution in [0.3, 0.4) is 0 Å². The van der Waals surface area contributed by atoms with E-state index < -0.39 is 11.7 Å². The van der Waals surface area contributed by atoms with Crippen molar-refractivity contribution in [3.8, 4) is 22.9 Å². The Labute approximate surface area is 239 Å². The number of primary amides is 1. The summed E-state index contributed by atoms with van der Waals surface area (Å²) in [6.45, 7) is 6.70. The number of rotatable bonds is 8. The Balaban J connectivity index is 1.37. The van der Waals surface area contributed by atoms with Crippen LogP contribution in [-0.4, -0.2) is 65.7 Å². The molecule has 5 rings (SSSR count). The summed E-state index contributed by atoms with van der Waals surface area (Å²) in [4.78, 5) is 20.9. The second kappa shape index (κ2) is 11.2. The summed E-state index contributed by atoms with van der Waals surface area (Å²) in [5, 5.41) is 14.0. The molecular formula is C31H34FN7O2. The molecule has 0 bridgehead atoms. The fraction of sp³-hybridized carbons (Fsp3) is 0.355. The summed E-state index contributed by atoms with van der Waals surface area (Å²) in [7, 11) is 3.98. The van der Waals surface area contributed by atoms with Crippen molar-refractivity contribution in [2.45, 2.75) is 32.1 Å². The van der Waals surface area contributed by atoms with Gasteiger partial charge in [-0.25, -0.2) is 13.9 Å². The van der Waals surface area contributed by atoms with Crippen LogP contribution in [0, 0.1) is 24.1 Å². The average molecular weight is 556 g/mol. The molecule has 10 heteroatoms. The number of fused-ring (bicyclic) bond motifs is 1. The highest BCUT2D eigenvalue weighted by molar-refractivity contribution is 5.94. The summed E-state index contributed by atoms with van der Waals surface area (Å²) in [6.07, 6.45) is 6.70. The van der Waals surface area contributed by atoms with Gasteiger partial charge in [0.05, 0.1) is 23.5 Å². The molecule has 1 aliphatic heterocycles. The van der Waals surface area contributed by atoms with Gasteiger partial charge in [0.1, 0.15) is 30.1 Å². The minimum atomic E-state index is -0.616. The van der Waals surface area contributed by atoms with E-state index in [2.05, 4.69) is 23.0 Å². The Kier molecular flexibility index (Phi) is 7.65. The van der Waals surface area contributed by atoms with Gasteiger partial charge in [0.15, 0.2) is 0 Å². The zero-order valence-electron chi connectivity index (χ0n) is 23.8. The predicted molar refractivity (Wildman–Crippen MR) is 156 cm³/mol. The van der Waals surface area contributed by atoms with E-state index in [1.54, 1.807) is 16.9 Å². The molecule has 1 aromatic carbocycles. The van der Waals surface area contributed by atoms with Crippen LogP contribution < -0.4 is 15.4 Å². The molecule has 1 aliphatic rings. The van der Waals surface area contributed by atoms with Gasteiger partial charge in [-0.05, 0) is 80.7 Å². The second-order valence-electron chi connectivity index (χ2n) is 11.1. The van der Waals surface area contributed by atoms with Crippen molar-refractivity contribution in [2.75, 3.05) is 45.2 Å². The molecule has 0 aliphatic carbocycles. The van der Waals surface area contributed by atoms with E-state index in [-0.39, 0.29) is 11.0 Å². The molecular weight excluding hydrogens is 521 g/mol. The third kappa shape index (κ3) is 5.58. The minimum absolute atomic E-state index is 0.236. The lowest BCUT2D eigenvalue weighted by Crippen LogP contribution is -2.42. The lowest BCUT2D eigenvalue weighted by molar-refractivity contribution is 0.0999. The zero-order valence-corrected chi connectivity index (χ0v) is 23.8. The molecule has 212 valence electrons. The van der Waals surface area contributed by atoms with Crippen LogP contribution in [0.2, 0.25) is 0 Å². The molecule has 0 spiro atoms.